The fraction of sp³-hybridized carbons (Fsp3) is 0.783. The minimum atomic E-state index is 0. The van der Waals surface area contributed by atoms with Crippen LogP contribution in [0, 0.1) is 5.41 Å². The Morgan fingerprint density at radius 2 is 1.94 bits per heavy atom. The number of aryl methyl sites for hydroxylation is 1. The molecule has 1 amide bonds. The summed E-state index contributed by atoms with van der Waals surface area (Å²) in [5, 5.41) is 7.65. The average molecular weight is 574 g/mol. The van der Waals surface area contributed by atoms with Gasteiger partial charge in [-0.1, -0.05) is 19.3 Å². The summed E-state index contributed by atoms with van der Waals surface area (Å²) in [7, 11) is 1.87. The lowest BCUT2D eigenvalue weighted by atomic mass is 9.73. The standard InChI is InChI=1S/C23H39N7O2.HI/c1-3-24-22(29-9-10-30(21(31)17-29)20-15-26-27(2)16-20)25-18-23(7-5-4-6-8-23)19-28-11-13-32-14-12-28;/h15-16H,3-14,17-19H2,1-2H3,(H,24,25);1H. The normalized spacial score (nSPS) is 22.2. The van der Waals surface area contributed by atoms with Crippen molar-refractivity contribution in [3.05, 3.63) is 12.4 Å². The fourth-order valence-electron chi connectivity index (χ4n) is 5.24. The molecule has 3 fully saturated rings. The van der Waals surface area contributed by atoms with Gasteiger partial charge in [0.05, 0.1) is 25.1 Å². The van der Waals surface area contributed by atoms with E-state index in [4.69, 9.17) is 9.73 Å². The molecule has 1 aromatic rings. The summed E-state index contributed by atoms with van der Waals surface area (Å²) in [6.45, 7) is 10.3. The highest BCUT2D eigenvalue weighted by Crippen LogP contribution is 2.37. The molecule has 2 aliphatic heterocycles. The van der Waals surface area contributed by atoms with Gasteiger partial charge in [-0.25, -0.2) is 0 Å². The Morgan fingerprint density at radius 3 is 2.58 bits per heavy atom. The zero-order chi connectivity index (χ0) is 22.4. The number of rotatable bonds is 6. The zero-order valence-electron chi connectivity index (χ0n) is 20.2. The molecule has 4 rings (SSSR count). The van der Waals surface area contributed by atoms with Crippen molar-refractivity contribution in [2.75, 3.05) is 70.5 Å². The number of carbonyl (C=O) groups excluding carboxylic acids is 1. The number of hydrogen-bond acceptors (Lipinski definition) is 5. The van der Waals surface area contributed by atoms with Gasteiger partial charge >= 0.3 is 0 Å². The molecule has 3 aliphatic rings. The third-order valence-corrected chi connectivity index (χ3v) is 7.00. The fourth-order valence-corrected chi connectivity index (χ4v) is 5.24. The second-order valence-corrected chi connectivity index (χ2v) is 9.46. The molecule has 0 radical (unpaired) electrons. The Balaban J connectivity index is 0.00000306. The van der Waals surface area contributed by atoms with E-state index in [2.05, 4.69) is 27.1 Å². The number of guanidine groups is 1. The molecule has 0 spiro atoms. The topological polar surface area (TPSA) is 78.2 Å². The van der Waals surface area contributed by atoms with E-state index in [1.807, 2.05) is 18.1 Å². The number of morpholine rings is 1. The van der Waals surface area contributed by atoms with Crippen LogP contribution < -0.4 is 10.2 Å². The van der Waals surface area contributed by atoms with Gasteiger partial charge in [-0.05, 0) is 19.8 Å². The lowest BCUT2D eigenvalue weighted by molar-refractivity contribution is -0.120. The Labute approximate surface area is 214 Å². The summed E-state index contributed by atoms with van der Waals surface area (Å²) in [6.07, 6.45) is 10.0. The lowest BCUT2D eigenvalue weighted by Gasteiger charge is -2.42. The average Bonchev–Trinajstić information content (AvgIpc) is 3.24. The molecule has 1 N–H and O–H groups in total. The summed E-state index contributed by atoms with van der Waals surface area (Å²) in [4.78, 5) is 24.5. The van der Waals surface area contributed by atoms with Gasteiger partial charge in [0, 0.05) is 64.5 Å². The van der Waals surface area contributed by atoms with Crippen molar-refractivity contribution in [3.63, 3.8) is 0 Å². The molecular weight excluding hydrogens is 533 g/mol. The van der Waals surface area contributed by atoms with Crippen LogP contribution in [0.4, 0.5) is 5.69 Å². The number of halogens is 1. The molecule has 0 aromatic carbocycles. The van der Waals surface area contributed by atoms with E-state index in [1.54, 1.807) is 10.9 Å². The highest BCUT2D eigenvalue weighted by Gasteiger charge is 2.35. The van der Waals surface area contributed by atoms with Crippen LogP contribution in [-0.2, 0) is 16.6 Å². The van der Waals surface area contributed by atoms with E-state index in [0.29, 0.717) is 13.1 Å². The second kappa shape index (κ2) is 12.3. The monoisotopic (exact) mass is 573 g/mol. The highest BCUT2D eigenvalue weighted by molar-refractivity contribution is 14.0. The van der Waals surface area contributed by atoms with Crippen molar-refractivity contribution in [1.82, 2.24) is 24.9 Å². The summed E-state index contributed by atoms with van der Waals surface area (Å²) >= 11 is 0. The maximum absolute atomic E-state index is 12.9. The van der Waals surface area contributed by atoms with E-state index >= 15 is 0 Å². The van der Waals surface area contributed by atoms with Crippen LogP contribution in [-0.4, -0.2) is 97.0 Å². The lowest BCUT2D eigenvalue weighted by Crippen LogP contribution is -2.55. The van der Waals surface area contributed by atoms with Crippen LogP contribution in [0.25, 0.3) is 0 Å². The molecule has 10 heteroatoms. The molecule has 0 unspecified atom stereocenters. The molecule has 3 heterocycles. The predicted molar refractivity (Wildman–Crippen MR) is 141 cm³/mol. The molecular formula is C23H40IN7O2. The minimum Gasteiger partial charge on any atom is -0.379 e. The minimum absolute atomic E-state index is 0. The van der Waals surface area contributed by atoms with Crippen LogP contribution in [0.5, 0.6) is 0 Å². The molecule has 2 saturated heterocycles. The zero-order valence-corrected chi connectivity index (χ0v) is 22.5. The number of carbonyl (C=O) groups is 1. The van der Waals surface area contributed by atoms with Gasteiger partial charge in [0.1, 0.15) is 6.54 Å². The molecule has 33 heavy (non-hydrogen) atoms. The van der Waals surface area contributed by atoms with E-state index in [-0.39, 0.29) is 35.3 Å². The summed E-state index contributed by atoms with van der Waals surface area (Å²) in [6, 6.07) is 0. The van der Waals surface area contributed by atoms with Gasteiger partial charge in [0.15, 0.2) is 5.96 Å². The van der Waals surface area contributed by atoms with Gasteiger partial charge in [-0.15, -0.1) is 24.0 Å². The number of piperazine rings is 1. The van der Waals surface area contributed by atoms with Crippen molar-refractivity contribution in [3.8, 4) is 0 Å². The molecule has 9 nitrogen and oxygen atoms in total. The Hall–Kier alpha value is -1.40. The van der Waals surface area contributed by atoms with E-state index in [1.165, 1.54) is 32.1 Å². The van der Waals surface area contributed by atoms with Crippen molar-refractivity contribution < 1.29 is 9.53 Å². The first-order valence-electron chi connectivity index (χ1n) is 12.2. The van der Waals surface area contributed by atoms with E-state index in [0.717, 1.165) is 64.1 Å². The molecule has 1 saturated carbocycles. The van der Waals surface area contributed by atoms with Crippen molar-refractivity contribution in [2.24, 2.45) is 17.5 Å². The molecule has 1 aromatic heterocycles. The highest BCUT2D eigenvalue weighted by atomic mass is 127. The third-order valence-electron chi connectivity index (χ3n) is 7.00. The van der Waals surface area contributed by atoms with Crippen LogP contribution in [0.3, 0.4) is 0 Å². The van der Waals surface area contributed by atoms with Gasteiger partial charge in [0.2, 0.25) is 5.91 Å². The number of nitrogens with zero attached hydrogens (tertiary/aromatic N) is 6. The number of hydrogen-bond donors (Lipinski definition) is 1. The third kappa shape index (κ3) is 6.82. The van der Waals surface area contributed by atoms with Crippen LogP contribution in [0.2, 0.25) is 0 Å². The number of aromatic nitrogens is 2. The maximum atomic E-state index is 12.9. The van der Waals surface area contributed by atoms with Crippen molar-refractivity contribution in [2.45, 2.75) is 39.0 Å². The Kier molecular flexibility index (Phi) is 9.81. The summed E-state index contributed by atoms with van der Waals surface area (Å²) in [5.74, 6) is 0.967. The summed E-state index contributed by atoms with van der Waals surface area (Å²) in [5.41, 5.74) is 1.10. The van der Waals surface area contributed by atoms with Gasteiger partial charge in [0.25, 0.3) is 0 Å². The number of aliphatic imine (C=N–C) groups is 1. The SMILES string of the molecule is CCNC(=NCC1(CN2CCOCC2)CCCCC1)N1CCN(c2cnn(C)c2)C(=O)C1.I. The number of anilines is 1. The smallest absolute Gasteiger partial charge is 0.246 e. The van der Waals surface area contributed by atoms with Crippen molar-refractivity contribution >= 4 is 41.5 Å². The van der Waals surface area contributed by atoms with Crippen LogP contribution in [0.15, 0.2) is 17.4 Å². The molecule has 1 aliphatic carbocycles. The molecule has 0 bridgehead atoms. The Morgan fingerprint density at radius 1 is 1.18 bits per heavy atom. The van der Waals surface area contributed by atoms with Crippen LogP contribution in [0.1, 0.15) is 39.0 Å². The van der Waals surface area contributed by atoms with Gasteiger partial charge in [-0.2, -0.15) is 5.10 Å². The predicted octanol–water partition coefficient (Wildman–Crippen LogP) is 1.93. The number of ether oxygens (including phenoxy) is 1. The number of amides is 1. The van der Waals surface area contributed by atoms with Crippen LogP contribution >= 0.6 is 24.0 Å². The van der Waals surface area contributed by atoms with E-state index < -0.39 is 0 Å². The van der Waals surface area contributed by atoms with E-state index in [9.17, 15) is 4.79 Å². The summed E-state index contributed by atoms with van der Waals surface area (Å²) < 4.78 is 7.29. The first kappa shape index (κ1) is 26.2. The number of nitrogens with one attached hydrogen (secondary N) is 1. The molecule has 0 atom stereocenters. The quantitative estimate of drug-likeness (QED) is 0.319. The first-order chi connectivity index (χ1) is 15.6. The van der Waals surface area contributed by atoms with Crippen molar-refractivity contribution in [1.29, 1.82) is 0 Å². The maximum Gasteiger partial charge on any atom is 0.246 e. The first-order valence-corrected chi connectivity index (χ1v) is 12.2. The van der Waals surface area contributed by atoms with Gasteiger partial charge in [-0.3, -0.25) is 19.4 Å². The Bertz CT molecular complexity index is 788. The largest absolute Gasteiger partial charge is 0.379 e. The molecule has 186 valence electrons. The van der Waals surface area contributed by atoms with Gasteiger partial charge < -0.3 is 19.9 Å². The second-order valence-electron chi connectivity index (χ2n) is 9.46.